The van der Waals surface area contributed by atoms with Crippen molar-refractivity contribution in [3.8, 4) is 11.1 Å². The van der Waals surface area contributed by atoms with Gasteiger partial charge >= 0.3 is 0 Å². The Balaban J connectivity index is 1.74. The first-order valence-corrected chi connectivity index (χ1v) is 7.96. The maximum atomic E-state index is 2.32. The number of hydrogen-bond acceptors (Lipinski definition) is 0. The lowest BCUT2D eigenvalue weighted by Crippen LogP contribution is -1.84. The Morgan fingerprint density at radius 3 is 2.19 bits per heavy atom. The molecule has 0 saturated heterocycles. The van der Waals surface area contributed by atoms with Gasteiger partial charge in [-0.15, -0.1) is 0 Å². The van der Waals surface area contributed by atoms with E-state index in [1.807, 2.05) is 0 Å². The molecule has 0 aromatic heterocycles. The Morgan fingerprint density at radius 1 is 0.762 bits per heavy atom. The van der Waals surface area contributed by atoms with Crippen LogP contribution in [0.2, 0.25) is 0 Å². The molecule has 0 aliphatic heterocycles. The lowest BCUT2D eigenvalue weighted by Gasteiger charge is -2.07. The minimum Gasteiger partial charge on any atom is -0.0613 e. The second-order valence-corrected chi connectivity index (χ2v) is 6.15. The van der Waals surface area contributed by atoms with Gasteiger partial charge in [-0.25, -0.2) is 0 Å². The van der Waals surface area contributed by atoms with E-state index in [-0.39, 0.29) is 0 Å². The summed E-state index contributed by atoms with van der Waals surface area (Å²) in [7, 11) is 0. The molecule has 3 aromatic rings. The normalized spacial score (nSPS) is 14.5. The molecule has 4 rings (SSSR count). The quantitative estimate of drug-likeness (QED) is 0.553. The summed E-state index contributed by atoms with van der Waals surface area (Å²) in [6.07, 6.45) is 3.83. The van der Waals surface area contributed by atoms with Crippen molar-refractivity contribution in [3.63, 3.8) is 0 Å². The molecule has 0 amide bonds. The average Bonchev–Trinajstić information content (AvgIpc) is 3.39. The van der Waals surface area contributed by atoms with Crippen molar-refractivity contribution in [3.05, 3.63) is 71.8 Å². The van der Waals surface area contributed by atoms with E-state index in [0.29, 0.717) is 0 Å². The minimum atomic E-state index is 0.836. The molecule has 0 heterocycles. The Morgan fingerprint density at radius 2 is 1.48 bits per heavy atom. The number of hydrogen-bond donors (Lipinski definition) is 0. The van der Waals surface area contributed by atoms with Gasteiger partial charge in [0.2, 0.25) is 0 Å². The molecular weight excluding hydrogens is 252 g/mol. The maximum Gasteiger partial charge on any atom is -0.0162 e. The van der Waals surface area contributed by atoms with Crippen molar-refractivity contribution in [1.29, 1.82) is 0 Å². The SMILES string of the molecule is CCc1ccc2ccc(-c3ccc(C4CC4)cc3)cc2c1. The van der Waals surface area contributed by atoms with E-state index in [9.17, 15) is 0 Å². The molecule has 0 atom stereocenters. The van der Waals surface area contributed by atoms with Gasteiger partial charge in [0, 0.05) is 0 Å². The van der Waals surface area contributed by atoms with Gasteiger partial charge in [0.05, 0.1) is 0 Å². The summed E-state index contributed by atoms with van der Waals surface area (Å²) < 4.78 is 0. The van der Waals surface area contributed by atoms with Gasteiger partial charge in [0.25, 0.3) is 0 Å². The van der Waals surface area contributed by atoms with Gasteiger partial charge in [0.15, 0.2) is 0 Å². The first kappa shape index (κ1) is 12.6. The molecule has 3 aromatic carbocycles. The standard InChI is InChI=1S/C21H20/c1-2-15-3-4-19-11-12-20(14-21(19)13-15)18-9-7-17(8-10-18)16-5-6-16/h3-4,7-14,16H,2,5-6H2,1H3. The van der Waals surface area contributed by atoms with Crippen LogP contribution in [0.15, 0.2) is 60.7 Å². The van der Waals surface area contributed by atoms with Gasteiger partial charge in [-0.3, -0.25) is 0 Å². The van der Waals surface area contributed by atoms with Crippen molar-refractivity contribution in [2.75, 3.05) is 0 Å². The fraction of sp³-hybridized carbons (Fsp3) is 0.238. The highest BCUT2D eigenvalue weighted by Gasteiger charge is 2.22. The van der Waals surface area contributed by atoms with Crippen molar-refractivity contribution in [2.45, 2.75) is 32.1 Å². The minimum absolute atomic E-state index is 0.836. The molecule has 1 saturated carbocycles. The van der Waals surface area contributed by atoms with Crippen molar-refractivity contribution < 1.29 is 0 Å². The summed E-state index contributed by atoms with van der Waals surface area (Å²) in [6.45, 7) is 2.21. The maximum absolute atomic E-state index is 2.32. The van der Waals surface area contributed by atoms with Gasteiger partial charge in [-0.05, 0) is 64.3 Å². The molecule has 0 heteroatoms. The molecule has 0 spiro atoms. The van der Waals surface area contributed by atoms with E-state index < -0.39 is 0 Å². The van der Waals surface area contributed by atoms with Crippen LogP contribution >= 0.6 is 0 Å². The average molecular weight is 272 g/mol. The molecule has 0 radical (unpaired) electrons. The van der Waals surface area contributed by atoms with Crippen LogP contribution in [0.1, 0.15) is 36.8 Å². The van der Waals surface area contributed by atoms with Crippen molar-refractivity contribution in [2.24, 2.45) is 0 Å². The molecule has 0 nitrogen and oxygen atoms in total. The monoisotopic (exact) mass is 272 g/mol. The highest BCUT2D eigenvalue weighted by atomic mass is 14.3. The van der Waals surface area contributed by atoms with E-state index in [0.717, 1.165) is 12.3 Å². The third-order valence-corrected chi connectivity index (χ3v) is 4.61. The molecule has 1 aliphatic carbocycles. The van der Waals surface area contributed by atoms with E-state index in [4.69, 9.17) is 0 Å². The second-order valence-electron chi connectivity index (χ2n) is 6.15. The van der Waals surface area contributed by atoms with E-state index in [2.05, 4.69) is 67.6 Å². The van der Waals surface area contributed by atoms with Gasteiger partial charge < -0.3 is 0 Å². The number of rotatable bonds is 3. The van der Waals surface area contributed by atoms with E-state index in [1.165, 1.54) is 45.9 Å². The van der Waals surface area contributed by atoms with E-state index >= 15 is 0 Å². The summed E-state index contributed by atoms with van der Waals surface area (Å²) in [5.74, 6) is 0.836. The number of fused-ring (bicyclic) bond motifs is 1. The summed E-state index contributed by atoms with van der Waals surface area (Å²) in [5.41, 5.74) is 5.55. The van der Waals surface area contributed by atoms with Gasteiger partial charge in [-0.2, -0.15) is 0 Å². The Kier molecular flexibility index (Phi) is 3.03. The fourth-order valence-corrected chi connectivity index (χ4v) is 3.06. The zero-order valence-electron chi connectivity index (χ0n) is 12.5. The molecule has 21 heavy (non-hydrogen) atoms. The second kappa shape index (κ2) is 5.04. The molecule has 0 unspecified atom stereocenters. The first-order chi connectivity index (χ1) is 10.3. The van der Waals surface area contributed by atoms with Crippen LogP contribution in [-0.2, 0) is 6.42 Å². The van der Waals surface area contributed by atoms with Crippen molar-refractivity contribution in [1.82, 2.24) is 0 Å². The number of aryl methyl sites for hydroxylation is 1. The lowest BCUT2D eigenvalue weighted by atomic mass is 9.98. The summed E-state index contributed by atoms with van der Waals surface area (Å²) >= 11 is 0. The molecular formula is C21H20. The Hall–Kier alpha value is -2.08. The summed E-state index contributed by atoms with van der Waals surface area (Å²) in [4.78, 5) is 0. The van der Waals surface area contributed by atoms with Gasteiger partial charge in [-0.1, -0.05) is 61.5 Å². The lowest BCUT2D eigenvalue weighted by molar-refractivity contribution is 1.13. The van der Waals surface area contributed by atoms with Crippen molar-refractivity contribution >= 4 is 10.8 Å². The predicted molar refractivity (Wildman–Crippen MR) is 90.7 cm³/mol. The third kappa shape index (κ3) is 2.47. The number of benzene rings is 3. The molecule has 104 valence electrons. The van der Waals surface area contributed by atoms with Crippen LogP contribution in [0.5, 0.6) is 0 Å². The first-order valence-electron chi connectivity index (χ1n) is 7.96. The van der Waals surface area contributed by atoms with Crippen LogP contribution in [0.25, 0.3) is 21.9 Å². The highest BCUT2D eigenvalue weighted by Crippen LogP contribution is 2.40. The summed E-state index contributed by atoms with van der Waals surface area (Å²) in [5, 5.41) is 2.67. The van der Waals surface area contributed by atoms with Crippen LogP contribution in [-0.4, -0.2) is 0 Å². The van der Waals surface area contributed by atoms with Crippen LogP contribution in [0.3, 0.4) is 0 Å². The molecule has 1 fully saturated rings. The topological polar surface area (TPSA) is 0 Å². The third-order valence-electron chi connectivity index (χ3n) is 4.61. The fourth-order valence-electron chi connectivity index (χ4n) is 3.06. The smallest absolute Gasteiger partial charge is 0.0162 e. The summed E-state index contributed by atoms with van der Waals surface area (Å²) in [6, 6.07) is 22.7. The predicted octanol–water partition coefficient (Wildman–Crippen LogP) is 5.95. The van der Waals surface area contributed by atoms with Gasteiger partial charge in [0.1, 0.15) is 0 Å². The Labute approximate surface area is 126 Å². The van der Waals surface area contributed by atoms with Crippen LogP contribution in [0, 0.1) is 0 Å². The largest absolute Gasteiger partial charge is 0.0613 e. The zero-order valence-corrected chi connectivity index (χ0v) is 12.5. The Bertz CT molecular complexity index is 777. The highest BCUT2D eigenvalue weighted by molar-refractivity contribution is 5.87. The molecule has 0 bridgehead atoms. The van der Waals surface area contributed by atoms with Crippen LogP contribution < -0.4 is 0 Å². The molecule has 1 aliphatic rings. The zero-order chi connectivity index (χ0) is 14.2. The molecule has 0 N–H and O–H groups in total. The van der Waals surface area contributed by atoms with Crippen LogP contribution in [0.4, 0.5) is 0 Å². The van der Waals surface area contributed by atoms with E-state index in [1.54, 1.807) is 0 Å².